The van der Waals surface area contributed by atoms with E-state index in [0.717, 1.165) is 0 Å². The van der Waals surface area contributed by atoms with Crippen molar-refractivity contribution in [2.45, 2.75) is 6.92 Å². The molecule has 4 rings (SSSR count). The first-order valence-corrected chi connectivity index (χ1v) is 10.4. The van der Waals surface area contributed by atoms with E-state index in [1.807, 2.05) is 0 Å². The maximum atomic E-state index is 14.3. The van der Waals surface area contributed by atoms with Gasteiger partial charge in [-0.25, -0.2) is 9.07 Å². The molecule has 166 valence electrons. The third-order valence-electron chi connectivity index (χ3n) is 5.05. The standard InChI is InChI=1S/C25H19ClFN3O3/c1-15-23(31)22(19-8-4-6-10-21(19)33-2)24(28-25(32)18-7-3-5-9-20(18)27)30(29-15)17-13-11-16(26)12-14-17/h3-14H,1-2H3,(H,28,32). The fraction of sp³-hybridized carbons (Fsp3) is 0.0800. The van der Waals surface area contributed by atoms with E-state index in [9.17, 15) is 14.0 Å². The van der Waals surface area contributed by atoms with Crippen molar-refractivity contribution in [2.24, 2.45) is 0 Å². The summed E-state index contributed by atoms with van der Waals surface area (Å²) >= 11 is 6.04. The monoisotopic (exact) mass is 463 g/mol. The molecule has 33 heavy (non-hydrogen) atoms. The Bertz CT molecular complexity index is 1400. The third kappa shape index (κ3) is 4.36. The lowest BCUT2D eigenvalue weighted by Gasteiger charge is -2.19. The maximum Gasteiger partial charge on any atom is 0.259 e. The minimum Gasteiger partial charge on any atom is -0.496 e. The average molecular weight is 464 g/mol. The highest BCUT2D eigenvalue weighted by Gasteiger charge is 2.23. The van der Waals surface area contributed by atoms with Crippen LogP contribution in [0.1, 0.15) is 16.1 Å². The average Bonchev–Trinajstić information content (AvgIpc) is 2.82. The van der Waals surface area contributed by atoms with Crippen molar-refractivity contribution in [1.82, 2.24) is 9.78 Å². The Morgan fingerprint density at radius 3 is 2.39 bits per heavy atom. The predicted molar refractivity (Wildman–Crippen MR) is 126 cm³/mol. The molecule has 0 radical (unpaired) electrons. The molecular formula is C25H19ClFN3O3. The fourth-order valence-electron chi connectivity index (χ4n) is 3.45. The number of hydrogen-bond acceptors (Lipinski definition) is 4. The number of benzene rings is 3. The first-order valence-electron chi connectivity index (χ1n) is 10.00. The van der Waals surface area contributed by atoms with E-state index in [-0.39, 0.29) is 22.6 Å². The Balaban J connectivity index is 2.01. The van der Waals surface area contributed by atoms with Gasteiger partial charge in [-0.2, -0.15) is 5.10 Å². The zero-order valence-electron chi connectivity index (χ0n) is 17.8. The third-order valence-corrected chi connectivity index (χ3v) is 5.30. The molecule has 1 aromatic heterocycles. The number of aromatic nitrogens is 2. The Hall–Kier alpha value is -3.97. The van der Waals surface area contributed by atoms with Gasteiger partial charge < -0.3 is 10.1 Å². The van der Waals surface area contributed by atoms with Crippen molar-refractivity contribution in [1.29, 1.82) is 0 Å². The lowest BCUT2D eigenvalue weighted by atomic mass is 10.0. The summed E-state index contributed by atoms with van der Waals surface area (Å²) in [6.07, 6.45) is 0. The van der Waals surface area contributed by atoms with Crippen LogP contribution in [0, 0.1) is 12.7 Å². The molecule has 8 heteroatoms. The Morgan fingerprint density at radius 2 is 1.70 bits per heavy atom. The molecule has 0 aliphatic carbocycles. The van der Waals surface area contributed by atoms with Crippen molar-refractivity contribution in [2.75, 3.05) is 12.4 Å². The molecule has 0 bridgehead atoms. The van der Waals surface area contributed by atoms with Gasteiger partial charge in [0.2, 0.25) is 5.43 Å². The number of carbonyl (C=O) groups is 1. The van der Waals surface area contributed by atoms with Crippen LogP contribution in [0.4, 0.5) is 10.2 Å². The summed E-state index contributed by atoms with van der Waals surface area (Å²) in [6.45, 7) is 1.58. The quantitative estimate of drug-likeness (QED) is 0.438. The van der Waals surface area contributed by atoms with E-state index < -0.39 is 17.2 Å². The molecule has 4 aromatic rings. The highest BCUT2D eigenvalue weighted by atomic mass is 35.5. The number of methoxy groups -OCH3 is 1. The SMILES string of the molecule is COc1ccccc1-c1c(NC(=O)c2ccccc2F)n(-c2ccc(Cl)cc2)nc(C)c1=O. The lowest BCUT2D eigenvalue weighted by Crippen LogP contribution is -2.25. The van der Waals surface area contributed by atoms with Gasteiger partial charge in [0, 0.05) is 10.6 Å². The van der Waals surface area contributed by atoms with Crippen LogP contribution < -0.4 is 15.5 Å². The fourth-order valence-corrected chi connectivity index (χ4v) is 3.57. The van der Waals surface area contributed by atoms with E-state index in [0.29, 0.717) is 22.0 Å². The minimum atomic E-state index is -0.725. The number of carbonyl (C=O) groups excluding carboxylic acids is 1. The second-order valence-electron chi connectivity index (χ2n) is 7.16. The van der Waals surface area contributed by atoms with Gasteiger partial charge in [0.1, 0.15) is 23.1 Å². The molecular weight excluding hydrogens is 445 g/mol. The largest absolute Gasteiger partial charge is 0.496 e. The Morgan fingerprint density at radius 1 is 1.03 bits per heavy atom. The molecule has 1 N–H and O–H groups in total. The number of anilines is 1. The number of rotatable bonds is 5. The van der Waals surface area contributed by atoms with E-state index in [2.05, 4.69) is 10.4 Å². The van der Waals surface area contributed by atoms with Crippen LogP contribution in [-0.4, -0.2) is 22.8 Å². The van der Waals surface area contributed by atoms with Gasteiger partial charge in [0.25, 0.3) is 5.91 Å². The number of halogens is 2. The van der Waals surface area contributed by atoms with Crippen LogP contribution in [0.3, 0.4) is 0 Å². The minimum absolute atomic E-state index is 0.0747. The van der Waals surface area contributed by atoms with Crippen molar-refractivity contribution in [3.05, 3.63) is 105 Å². The number of nitrogens with one attached hydrogen (secondary N) is 1. The Labute approximate surface area is 194 Å². The zero-order chi connectivity index (χ0) is 23.5. The first-order chi connectivity index (χ1) is 15.9. The molecule has 0 saturated heterocycles. The van der Waals surface area contributed by atoms with Crippen molar-refractivity contribution >= 4 is 23.3 Å². The summed E-state index contributed by atoms with van der Waals surface area (Å²) in [5.41, 5.74) is 0.812. The van der Waals surface area contributed by atoms with Crippen LogP contribution in [0.25, 0.3) is 16.8 Å². The second kappa shape index (κ2) is 9.26. The topological polar surface area (TPSA) is 73.2 Å². The smallest absolute Gasteiger partial charge is 0.259 e. The molecule has 0 aliphatic rings. The van der Waals surface area contributed by atoms with Crippen molar-refractivity contribution in [3.8, 4) is 22.6 Å². The summed E-state index contributed by atoms with van der Waals surface area (Å²) in [5.74, 6) is -0.902. The first kappa shape index (κ1) is 22.2. The summed E-state index contributed by atoms with van der Waals surface area (Å²) in [4.78, 5) is 26.4. The van der Waals surface area contributed by atoms with Gasteiger partial charge >= 0.3 is 0 Å². The van der Waals surface area contributed by atoms with Gasteiger partial charge in [-0.05, 0) is 49.4 Å². The van der Waals surface area contributed by atoms with Crippen LogP contribution in [0.5, 0.6) is 5.75 Å². The number of aryl methyl sites for hydroxylation is 1. The summed E-state index contributed by atoms with van der Waals surface area (Å²) < 4.78 is 21.2. The van der Waals surface area contributed by atoms with Gasteiger partial charge in [0.15, 0.2) is 0 Å². The number of amides is 1. The van der Waals surface area contributed by atoms with Crippen LogP contribution in [0.2, 0.25) is 5.02 Å². The highest BCUT2D eigenvalue weighted by molar-refractivity contribution is 6.30. The van der Waals surface area contributed by atoms with Gasteiger partial charge in [-0.15, -0.1) is 0 Å². The zero-order valence-corrected chi connectivity index (χ0v) is 18.6. The number of nitrogens with zero attached hydrogens (tertiary/aromatic N) is 2. The van der Waals surface area contributed by atoms with Gasteiger partial charge in [-0.3, -0.25) is 9.59 Å². The lowest BCUT2D eigenvalue weighted by molar-refractivity contribution is 0.102. The molecule has 3 aromatic carbocycles. The second-order valence-corrected chi connectivity index (χ2v) is 7.60. The molecule has 1 amide bonds. The molecule has 6 nitrogen and oxygen atoms in total. The summed E-state index contributed by atoms with van der Waals surface area (Å²) in [7, 11) is 1.49. The number of para-hydroxylation sites is 1. The summed E-state index contributed by atoms with van der Waals surface area (Å²) in [6, 6.07) is 19.3. The Kier molecular flexibility index (Phi) is 6.24. The normalized spacial score (nSPS) is 10.7. The van der Waals surface area contributed by atoms with E-state index in [1.165, 1.54) is 30.0 Å². The number of hydrogen-bond donors (Lipinski definition) is 1. The predicted octanol–water partition coefficient (Wildman–Crippen LogP) is 5.26. The van der Waals surface area contributed by atoms with Crippen LogP contribution >= 0.6 is 11.6 Å². The van der Waals surface area contributed by atoms with Gasteiger partial charge in [-0.1, -0.05) is 41.9 Å². The van der Waals surface area contributed by atoms with E-state index in [4.69, 9.17) is 16.3 Å². The van der Waals surface area contributed by atoms with Crippen LogP contribution in [0.15, 0.2) is 77.6 Å². The molecule has 0 atom stereocenters. The molecule has 0 aliphatic heterocycles. The van der Waals surface area contributed by atoms with Crippen molar-refractivity contribution in [3.63, 3.8) is 0 Å². The van der Waals surface area contributed by atoms with Crippen LogP contribution in [-0.2, 0) is 0 Å². The van der Waals surface area contributed by atoms with E-state index >= 15 is 0 Å². The molecule has 0 spiro atoms. The molecule has 1 heterocycles. The summed E-state index contributed by atoms with van der Waals surface area (Å²) in [5, 5.41) is 7.61. The molecule has 0 unspecified atom stereocenters. The maximum absolute atomic E-state index is 14.3. The molecule has 0 fully saturated rings. The van der Waals surface area contributed by atoms with E-state index in [1.54, 1.807) is 61.5 Å². The van der Waals surface area contributed by atoms with Crippen molar-refractivity contribution < 1.29 is 13.9 Å². The highest BCUT2D eigenvalue weighted by Crippen LogP contribution is 2.34. The molecule has 0 saturated carbocycles. The van der Waals surface area contributed by atoms with Gasteiger partial charge in [0.05, 0.1) is 23.9 Å². The number of ether oxygens (including phenoxy) is 1.